The standard InChI is InChI=1S/C29H32N4O/c1-21-26(22(2)33-28(30-21)20-27(31-33)25-11-7-4-8-12-25)13-14-29(34)32-17-15-24(16-18-32)19-23-9-5-3-6-10-23/h3-12,20,24H,13-19H2,1-2H3. The first-order valence-electron chi connectivity index (χ1n) is 12.3. The average molecular weight is 453 g/mol. The summed E-state index contributed by atoms with van der Waals surface area (Å²) in [6, 6.07) is 22.9. The van der Waals surface area contributed by atoms with Gasteiger partial charge in [-0.25, -0.2) is 9.50 Å². The highest BCUT2D eigenvalue weighted by molar-refractivity contribution is 5.76. The van der Waals surface area contributed by atoms with Crippen molar-refractivity contribution in [1.82, 2.24) is 19.5 Å². The van der Waals surface area contributed by atoms with Crippen molar-refractivity contribution < 1.29 is 4.79 Å². The van der Waals surface area contributed by atoms with Gasteiger partial charge in [-0.3, -0.25) is 4.79 Å². The van der Waals surface area contributed by atoms with Gasteiger partial charge in [0.2, 0.25) is 5.91 Å². The molecule has 5 heteroatoms. The van der Waals surface area contributed by atoms with Crippen molar-refractivity contribution in [2.45, 2.75) is 46.0 Å². The van der Waals surface area contributed by atoms with Crippen LogP contribution in [0.3, 0.4) is 0 Å². The van der Waals surface area contributed by atoms with Crippen LogP contribution in [0.4, 0.5) is 0 Å². The number of amides is 1. The molecule has 1 fully saturated rings. The molecule has 4 aromatic rings. The van der Waals surface area contributed by atoms with Gasteiger partial charge in [-0.1, -0.05) is 60.7 Å². The maximum atomic E-state index is 13.0. The molecular formula is C29H32N4O. The number of hydrogen-bond acceptors (Lipinski definition) is 3. The van der Waals surface area contributed by atoms with Gasteiger partial charge in [-0.2, -0.15) is 5.10 Å². The van der Waals surface area contributed by atoms with Gasteiger partial charge in [0.25, 0.3) is 0 Å². The maximum absolute atomic E-state index is 13.0. The van der Waals surface area contributed by atoms with Gasteiger partial charge in [0.1, 0.15) is 0 Å². The van der Waals surface area contributed by atoms with Gasteiger partial charge in [0.05, 0.1) is 5.69 Å². The summed E-state index contributed by atoms with van der Waals surface area (Å²) in [5.41, 5.74) is 7.43. The predicted molar refractivity (Wildman–Crippen MR) is 136 cm³/mol. The van der Waals surface area contributed by atoms with Crippen LogP contribution in [0.5, 0.6) is 0 Å². The van der Waals surface area contributed by atoms with E-state index in [2.05, 4.69) is 54.3 Å². The van der Waals surface area contributed by atoms with Crippen LogP contribution in [0.25, 0.3) is 16.9 Å². The molecular weight excluding hydrogens is 420 g/mol. The summed E-state index contributed by atoms with van der Waals surface area (Å²) in [6.45, 7) is 5.85. The molecule has 3 heterocycles. The number of nitrogens with zero attached hydrogens (tertiary/aromatic N) is 4. The summed E-state index contributed by atoms with van der Waals surface area (Å²) in [7, 11) is 0. The molecule has 1 amide bonds. The molecule has 0 N–H and O–H groups in total. The molecule has 2 aromatic heterocycles. The Labute approximate surface area is 201 Å². The molecule has 2 aromatic carbocycles. The third-order valence-electron chi connectivity index (χ3n) is 7.16. The van der Waals surface area contributed by atoms with Crippen LogP contribution in [-0.4, -0.2) is 38.5 Å². The van der Waals surface area contributed by atoms with E-state index in [9.17, 15) is 4.79 Å². The van der Waals surface area contributed by atoms with Crippen LogP contribution in [0.2, 0.25) is 0 Å². The minimum absolute atomic E-state index is 0.252. The van der Waals surface area contributed by atoms with E-state index in [4.69, 9.17) is 10.1 Å². The lowest BCUT2D eigenvalue weighted by Gasteiger charge is -2.32. The van der Waals surface area contributed by atoms with Crippen LogP contribution in [0.1, 0.15) is 41.8 Å². The quantitative estimate of drug-likeness (QED) is 0.392. The van der Waals surface area contributed by atoms with Crippen molar-refractivity contribution in [2.75, 3.05) is 13.1 Å². The highest BCUT2D eigenvalue weighted by atomic mass is 16.2. The van der Waals surface area contributed by atoms with E-state index in [1.54, 1.807) is 0 Å². The Balaban J connectivity index is 1.22. The Hall–Kier alpha value is -3.47. The summed E-state index contributed by atoms with van der Waals surface area (Å²) >= 11 is 0. The van der Waals surface area contributed by atoms with Crippen LogP contribution in [-0.2, 0) is 17.6 Å². The average Bonchev–Trinajstić information content (AvgIpc) is 3.30. The van der Waals surface area contributed by atoms with Crippen molar-refractivity contribution in [1.29, 1.82) is 0 Å². The Morgan fingerprint density at radius 1 is 0.971 bits per heavy atom. The first-order valence-corrected chi connectivity index (χ1v) is 12.3. The molecule has 0 radical (unpaired) electrons. The molecule has 34 heavy (non-hydrogen) atoms. The van der Waals surface area contributed by atoms with Crippen LogP contribution in [0.15, 0.2) is 66.7 Å². The van der Waals surface area contributed by atoms with E-state index in [1.165, 1.54) is 5.56 Å². The van der Waals surface area contributed by atoms with E-state index in [1.807, 2.05) is 35.7 Å². The topological polar surface area (TPSA) is 50.5 Å². The largest absolute Gasteiger partial charge is 0.343 e. The number of fused-ring (bicyclic) bond motifs is 1. The fourth-order valence-electron chi connectivity index (χ4n) is 5.16. The van der Waals surface area contributed by atoms with Crippen molar-refractivity contribution in [2.24, 2.45) is 5.92 Å². The minimum Gasteiger partial charge on any atom is -0.343 e. The lowest BCUT2D eigenvalue weighted by Crippen LogP contribution is -2.39. The smallest absolute Gasteiger partial charge is 0.222 e. The molecule has 5 nitrogen and oxygen atoms in total. The van der Waals surface area contributed by atoms with Crippen LogP contribution in [0, 0.1) is 19.8 Å². The van der Waals surface area contributed by atoms with E-state index >= 15 is 0 Å². The summed E-state index contributed by atoms with van der Waals surface area (Å²) in [6.07, 6.45) is 4.50. The van der Waals surface area contributed by atoms with Crippen molar-refractivity contribution in [3.63, 3.8) is 0 Å². The van der Waals surface area contributed by atoms with Gasteiger partial charge in [-0.15, -0.1) is 0 Å². The van der Waals surface area contributed by atoms with Crippen LogP contribution >= 0.6 is 0 Å². The molecule has 174 valence electrons. The number of piperidine rings is 1. The van der Waals surface area contributed by atoms with Gasteiger partial charge in [0, 0.05) is 42.5 Å². The van der Waals surface area contributed by atoms with E-state index < -0.39 is 0 Å². The summed E-state index contributed by atoms with van der Waals surface area (Å²) in [4.78, 5) is 19.8. The molecule has 0 aliphatic carbocycles. The van der Waals surface area contributed by atoms with E-state index in [0.29, 0.717) is 18.8 Å². The third kappa shape index (κ3) is 4.74. The first-order chi connectivity index (χ1) is 16.6. The van der Waals surface area contributed by atoms with Gasteiger partial charge >= 0.3 is 0 Å². The molecule has 1 aliphatic heterocycles. The monoisotopic (exact) mass is 452 g/mol. The molecule has 0 atom stereocenters. The van der Waals surface area contributed by atoms with E-state index in [-0.39, 0.29) is 5.91 Å². The number of benzene rings is 2. The number of rotatable bonds is 6. The molecule has 0 saturated carbocycles. The summed E-state index contributed by atoms with van der Waals surface area (Å²) < 4.78 is 1.92. The molecule has 0 bridgehead atoms. The predicted octanol–water partition coefficient (Wildman–Crippen LogP) is 5.43. The molecule has 0 spiro atoms. The highest BCUT2D eigenvalue weighted by Crippen LogP contribution is 2.24. The third-order valence-corrected chi connectivity index (χ3v) is 7.16. The second-order valence-corrected chi connectivity index (χ2v) is 9.44. The number of carbonyl (C=O) groups excluding carboxylic acids is 1. The van der Waals surface area contributed by atoms with Crippen molar-refractivity contribution >= 4 is 11.6 Å². The number of aromatic nitrogens is 3. The Bertz CT molecular complexity index is 1270. The van der Waals surface area contributed by atoms with Crippen molar-refractivity contribution in [3.8, 4) is 11.3 Å². The summed E-state index contributed by atoms with van der Waals surface area (Å²) in [5.74, 6) is 0.920. The SMILES string of the molecule is Cc1nc2cc(-c3ccccc3)nn2c(C)c1CCC(=O)N1CCC(Cc2ccccc2)CC1. The lowest BCUT2D eigenvalue weighted by atomic mass is 9.90. The van der Waals surface area contributed by atoms with Crippen LogP contribution < -0.4 is 0 Å². The minimum atomic E-state index is 0.252. The van der Waals surface area contributed by atoms with Gasteiger partial charge < -0.3 is 4.90 Å². The normalized spacial score (nSPS) is 14.6. The maximum Gasteiger partial charge on any atom is 0.222 e. The number of aryl methyl sites for hydroxylation is 2. The van der Waals surface area contributed by atoms with Gasteiger partial charge in [0.15, 0.2) is 5.65 Å². The number of likely N-dealkylation sites (tertiary alicyclic amines) is 1. The zero-order valence-corrected chi connectivity index (χ0v) is 20.1. The highest BCUT2D eigenvalue weighted by Gasteiger charge is 2.23. The lowest BCUT2D eigenvalue weighted by molar-refractivity contribution is -0.132. The van der Waals surface area contributed by atoms with E-state index in [0.717, 1.165) is 66.2 Å². The Morgan fingerprint density at radius 2 is 1.65 bits per heavy atom. The second kappa shape index (κ2) is 9.80. The zero-order valence-electron chi connectivity index (χ0n) is 20.1. The molecule has 0 unspecified atom stereocenters. The Morgan fingerprint density at radius 3 is 2.35 bits per heavy atom. The van der Waals surface area contributed by atoms with Crippen molar-refractivity contribution in [3.05, 3.63) is 89.2 Å². The molecule has 1 saturated heterocycles. The zero-order chi connectivity index (χ0) is 23.5. The first kappa shape index (κ1) is 22.3. The molecule has 1 aliphatic rings. The molecule has 5 rings (SSSR count). The fraction of sp³-hybridized carbons (Fsp3) is 0.345. The number of hydrogen-bond donors (Lipinski definition) is 0. The second-order valence-electron chi connectivity index (χ2n) is 9.44. The Kier molecular flexibility index (Phi) is 6.43. The number of carbonyl (C=O) groups is 1. The summed E-state index contributed by atoms with van der Waals surface area (Å²) in [5, 5.41) is 4.80. The van der Waals surface area contributed by atoms with Gasteiger partial charge in [-0.05, 0) is 56.6 Å². The fourth-order valence-corrected chi connectivity index (χ4v) is 5.16.